The Morgan fingerprint density at radius 1 is 1.53 bits per heavy atom. The molecule has 1 atom stereocenters. The van der Waals surface area contributed by atoms with E-state index in [1.54, 1.807) is 23.0 Å². The lowest BCUT2D eigenvalue weighted by Crippen LogP contribution is -2.03. The van der Waals surface area contributed by atoms with Gasteiger partial charge in [-0.25, -0.2) is 9.07 Å². The van der Waals surface area contributed by atoms with Crippen molar-refractivity contribution < 1.29 is 4.39 Å². The van der Waals surface area contributed by atoms with E-state index in [9.17, 15) is 4.39 Å². The smallest absolute Gasteiger partial charge is 0.146 e. The molecule has 0 aliphatic carbocycles. The van der Waals surface area contributed by atoms with Crippen molar-refractivity contribution in [1.82, 2.24) is 15.0 Å². The lowest BCUT2D eigenvalue weighted by molar-refractivity contribution is 0.577. The zero-order chi connectivity index (χ0) is 12.4. The summed E-state index contributed by atoms with van der Waals surface area (Å²) in [4.78, 5) is 0.125. The Bertz CT molecular complexity index is 527. The average Bonchev–Trinajstić information content (AvgIpc) is 2.73. The molecule has 6 heteroatoms. The molecule has 90 valence electrons. The Hall–Kier alpha value is -0.940. The number of rotatable bonds is 3. The highest BCUT2D eigenvalue weighted by molar-refractivity contribution is 9.09. The number of hydrogen-bond donors (Lipinski definition) is 0. The molecule has 0 spiro atoms. The Balaban J connectivity index is 2.22. The van der Waals surface area contributed by atoms with E-state index in [1.165, 1.54) is 6.07 Å². The molecule has 0 aliphatic heterocycles. The Morgan fingerprint density at radius 3 is 2.94 bits per heavy atom. The number of halogens is 3. The molecule has 3 nitrogen and oxygen atoms in total. The fourth-order valence-corrected chi connectivity index (χ4v) is 1.82. The van der Waals surface area contributed by atoms with Gasteiger partial charge in [-0.15, -0.1) is 5.10 Å². The van der Waals surface area contributed by atoms with E-state index >= 15 is 0 Å². The van der Waals surface area contributed by atoms with Crippen LogP contribution in [0, 0.1) is 5.82 Å². The standard InChI is InChI=1S/C11H10BrClFN3/c1-7(12)10-6-17(16-15-10)5-8-3-2-4-9(13)11(8)14/h2-4,6-7H,5H2,1H3. The monoisotopic (exact) mass is 317 g/mol. The predicted molar refractivity (Wildman–Crippen MR) is 67.9 cm³/mol. The van der Waals surface area contributed by atoms with Gasteiger partial charge >= 0.3 is 0 Å². The molecule has 17 heavy (non-hydrogen) atoms. The van der Waals surface area contributed by atoms with Crippen LogP contribution < -0.4 is 0 Å². The van der Waals surface area contributed by atoms with Gasteiger partial charge in [0.1, 0.15) is 5.82 Å². The van der Waals surface area contributed by atoms with Crippen molar-refractivity contribution in [2.45, 2.75) is 18.3 Å². The minimum atomic E-state index is -0.405. The lowest BCUT2D eigenvalue weighted by atomic mass is 10.2. The summed E-state index contributed by atoms with van der Waals surface area (Å²) in [6.45, 7) is 2.27. The Morgan fingerprint density at radius 2 is 2.29 bits per heavy atom. The van der Waals surface area contributed by atoms with Gasteiger partial charge in [-0.1, -0.05) is 44.9 Å². The molecule has 0 N–H and O–H groups in total. The summed E-state index contributed by atoms with van der Waals surface area (Å²) in [5.74, 6) is -0.405. The number of aromatic nitrogens is 3. The first-order valence-corrected chi connectivity index (χ1v) is 6.34. The van der Waals surface area contributed by atoms with Crippen molar-refractivity contribution in [3.8, 4) is 0 Å². The van der Waals surface area contributed by atoms with Crippen LogP contribution in [0.5, 0.6) is 0 Å². The normalized spacial score (nSPS) is 12.7. The van der Waals surface area contributed by atoms with Crippen molar-refractivity contribution in [2.75, 3.05) is 0 Å². The zero-order valence-corrected chi connectivity index (χ0v) is 11.4. The van der Waals surface area contributed by atoms with Crippen molar-refractivity contribution in [3.63, 3.8) is 0 Å². The van der Waals surface area contributed by atoms with Crippen molar-refractivity contribution in [1.29, 1.82) is 0 Å². The SMILES string of the molecule is CC(Br)c1cn(Cc2cccc(Cl)c2F)nn1. The summed E-state index contributed by atoms with van der Waals surface area (Å²) in [7, 11) is 0. The molecule has 0 fully saturated rings. The predicted octanol–water partition coefficient (Wildman–Crippen LogP) is 3.57. The first-order valence-electron chi connectivity index (χ1n) is 5.05. The molecule has 1 aromatic heterocycles. The maximum Gasteiger partial charge on any atom is 0.146 e. The van der Waals surface area contributed by atoms with E-state index in [1.807, 2.05) is 6.92 Å². The molecule has 2 rings (SSSR count). The third-order valence-electron chi connectivity index (χ3n) is 2.33. The van der Waals surface area contributed by atoms with Crippen LogP contribution in [0.3, 0.4) is 0 Å². The Kier molecular flexibility index (Phi) is 3.79. The molecule has 0 bridgehead atoms. The summed E-state index contributed by atoms with van der Waals surface area (Å²) >= 11 is 9.10. The van der Waals surface area contributed by atoms with Gasteiger partial charge in [0, 0.05) is 11.8 Å². The van der Waals surface area contributed by atoms with Crippen LogP contribution in [0.25, 0.3) is 0 Å². The van der Waals surface area contributed by atoms with Gasteiger partial charge in [-0.3, -0.25) is 0 Å². The fourth-order valence-electron chi connectivity index (χ4n) is 1.42. The minimum Gasteiger partial charge on any atom is -0.248 e. The minimum absolute atomic E-state index is 0.122. The number of alkyl halides is 1. The van der Waals surface area contributed by atoms with Gasteiger partial charge in [0.25, 0.3) is 0 Å². The maximum absolute atomic E-state index is 13.6. The third-order valence-corrected chi connectivity index (χ3v) is 3.09. The molecular formula is C11H10BrClFN3. The van der Waals surface area contributed by atoms with Gasteiger partial charge in [-0.2, -0.15) is 0 Å². The highest BCUT2D eigenvalue weighted by Crippen LogP contribution is 2.20. The van der Waals surface area contributed by atoms with Crippen LogP contribution in [-0.4, -0.2) is 15.0 Å². The first kappa shape index (κ1) is 12.5. The second-order valence-corrected chi connectivity index (χ2v) is 5.45. The maximum atomic E-state index is 13.6. The summed E-state index contributed by atoms with van der Waals surface area (Å²) in [5, 5.41) is 8.03. The van der Waals surface area contributed by atoms with Crippen LogP contribution in [0.4, 0.5) is 4.39 Å². The quantitative estimate of drug-likeness (QED) is 0.810. The molecule has 1 aromatic carbocycles. The molecule has 0 radical (unpaired) electrons. The van der Waals surface area contributed by atoms with E-state index in [-0.39, 0.29) is 9.85 Å². The first-order chi connectivity index (χ1) is 8.08. The van der Waals surface area contributed by atoms with Gasteiger partial charge in [0.2, 0.25) is 0 Å². The number of nitrogens with zero attached hydrogens (tertiary/aromatic N) is 3. The van der Waals surface area contributed by atoms with E-state index in [0.717, 1.165) is 5.69 Å². The summed E-state index contributed by atoms with van der Waals surface area (Å²) in [6, 6.07) is 4.92. The van der Waals surface area contributed by atoms with E-state index < -0.39 is 5.82 Å². The van der Waals surface area contributed by atoms with Crippen molar-refractivity contribution >= 4 is 27.5 Å². The molecule has 0 aliphatic rings. The molecule has 2 aromatic rings. The largest absolute Gasteiger partial charge is 0.248 e. The molecular weight excluding hydrogens is 308 g/mol. The van der Waals surface area contributed by atoms with Crippen LogP contribution in [0.2, 0.25) is 5.02 Å². The van der Waals surface area contributed by atoms with Crippen LogP contribution >= 0.6 is 27.5 Å². The molecule has 1 unspecified atom stereocenters. The van der Waals surface area contributed by atoms with Gasteiger partial charge in [0.05, 0.1) is 22.1 Å². The van der Waals surface area contributed by atoms with E-state index in [4.69, 9.17) is 11.6 Å². The number of benzene rings is 1. The van der Waals surface area contributed by atoms with E-state index in [0.29, 0.717) is 12.1 Å². The highest BCUT2D eigenvalue weighted by atomic mass is 79.9. The van der Waals surface area contributed by atoms with Crippen molar-refractivity contribution in [2.24, 2.45) is 0 Å². The van der Waals surface area contributed by atoms with E-state index in [2.05, 4.69) is 26.2 Å². The highest BCUT2D eigenvalue weighted by Gasteiger charge is 2.10. The second kappa shape index (κ2) is 5.14. The van der Waals surface area contributed by atoms with Crippen molar-refractivity contribution in [3.05, 3.63) is 46.5 Å². The average molecular weight is 319 g/mol. The topological polar surface area (TPSA) is 30.7 Å². The third kappa shape index (κ3) is 2.84. The zero-order valence-electron chi connectivity index (χ0n) is 9.07. The summed E-state index contributed by atoms with van der Waals surface area (Å²) in [6.07, 6.45) is 1.78. The van der Waals surface area contributed by atoms with Gasteiger partial charge < -0.3 is 0 Å². The van der Waals surface area contributed by atoms with Crippen LogP contribution in [-0.2, 0) is 6.54 Å². The van der Waals surface area contributed by atoms with Gasteiger partial charge in [-0.05, 0) is 13.0 Å². The fraction of sp³-hybridized carbons (Fsp3) is 0.273. The lowest BCUT2D eigenvalue weighted by Gasteiger charge is -2.03. The van der Waals surface area contributed by atoms with Crippen LogP contribution in [0.15, 0.2) is 24.4 Å². The van der Waals surface area contributed by atoms with Crippen LogP contribution in [0.1, 0.15) is 23.0 Å². The molecule has 0 amide bonds. The second-order valence-electron chi connectivity index (χ2n) is 3.67. The molecule has 0 saturated carbocycles. The summed E-state index contributed by atoms with van der Waals surface area (Å²) < 4.78 is 15.2. The number of hydrogen-bond acceptors (Lipinski definition) is 2. The molecule has 1 heterocycles. The molecule has 0 saturated heterocycles. The van der Waals surface area contributed by atoms with Gasteiger partial charge in [0.15, 0.2) is 0 Å². The Labute approximate surface area is 112 Å². The summed E-state index contributed by atoms with van der Waals surface area (Å²) in [5.41, 5.74) is 1.31.